The number of amides is 1. The van der Waals surface area contributed by atoms with E-state index >= 15 is 0 Å². The first kappa shape index (κ1) is 19.9. The van der Waals surface area contributed by atoms with Crippen molar-refractivity contribution >= 4 is 27.5 Å². The van der Waals surface area contributed by atoms with Crippen LogP contribution in [0.15, 0.2) is 53.4 Å². The van der Waals surface area contributed by atoms with Crippen molar-refractivity contribution in [1.82, 2.24) is 9.62 Å². The van der Waals surface area contributed by atoms with Crippen LogP contribution in [-0.2, 0) is 14.8 Å². The topological polar surface area (TPSA) is 90.3 Å². The first-order valence-corrected chi connectivity index (χ1v) is 9.57. The number of hydrogen-bond donors (Lipinski definition) is 1. The lowest BCUT2D eigenvalue weighted by Crippen LogP contribution is -2.39. The highest BCUT2D eigenvalue weighted by molar-refractivity contribution is 7.89. The molecule has 6 nitrogen and oxygen atoms in total. The molecule has 8 heteroatoms. The van der Waals surface area contributed by atoms with E-state index in [4.69, 9.17) is 16.9 Å². The monoisotopic (exact) mass is 391 g/mol. The Morgan fingerprint density at radius 1 is 1.19 bits per heavy atom. The summed E-state index contributed by atoms with van der Waals surface area (Å²) in [6.45, 7) is 1.47. The van der Waals surface area contributed by atoms with Gasteiger partial charge in [0.2, 0.25) is 15.9 Å². The fourth-order valence-corrected chi connectivity index (χ4v) is 3.54. The number of nitrogens with zero attached hydrogens (tertiary/aromatic N) is 2. The Bertz CT molecular complexity index is 920. The molecule has 1 atom stereocenters. The molecule has 0 aromatic heterocycles. The normalized spacial score (nSPS) is 12.4. The zero-order valence-electron chi connectivity index (χ0n) is 14.3. The van der Waals surface area contributed by atoms with Gasteiger partial charge in [-0.15, -0.1) is 0 Å². The Morgan fingerprint density at radius 2 is 1.77 bits per heavy atom. The van der Waals surface area contributed by atoms with Crippen molar-refractivity contribution in [2.24, 2.45) is 0 Å². The van der Waals surface area contributed by atoms with Crippen molar-refractivity contribution in [2.75, 3.05) is 13.6 Å². The smallest absolute Gasteiger partial charge is 0.243 e. The third kappa shape index (κ3) is 4.82. The van der Waals surface area contributed by atoms with Crippen molar-refractivity contribution in [3.8, 4) is 6.07 Å². The third-order valence-electron chi connectivity index (χ3n) is 3.81. The highest BCUT2D eigenvalue weighted by Gasteiger charge is 2.23. The third-order valence-corrected chi connectivity index (χ3v) is 5.87. The number of rotatable bonds is 6. The summed E-state index contributed by atoms with van der Waals surface area (Å²) in [6, 6.07) is 14.3. The molecular formula is C18H18ClN3O3S. The van der Waals surface area contributed by atoms with E-state index in [1.807, 2.05) is 6.07 Å². The Morgan fingerprint density at radius 3 is 2.31 bits per heavy atom. The maximum Gasteiger partial charge on any atom is 0.243 e. The predicted molar refractivity (Wildman–Crippen MR) is 99.0 cm³/mol. The van der Waals surface area contributed by atoms with Gasteiger partial charge in [-0.25, -0.2) is 8.42 Å². The summed E-state index contributed by atoms with van der Waals surface area (Å²) in [5.74, 6) is -0.429. The molecule has 0 fully saturated rings. The van der Waals surface area contributed by atoms with Gasteiger partial charge in [0.25, 0.3) is 0 Å². The predicted octanol–water partition coefficient (Wildman–Crippen LogP) is 2.71. The Hall–Kier alpha value is -2.40. The number of benzene rings is 2. The zero-order valence-corrected chi connectivity index (χ0v) is 15.9. The van der Waals surface area contributed by atoms with E-state index < -0.39 is 15.9 Å². The molecule has 1 amide bonds. The Balaban J connectivity index is 2.01. The first-order valence-electron chi connectivity index (χ1n) is 7.75. The van der Waals surface area contributed by atoms with Crippen LogP contribution >= 0.6 is 11.6 Å². The lowest BCUT2D eigenvalue weighted by Gasteiger charge is -2.19. The molecular weight excluding hydrogens is 374 g/mol. The van der Waals surface area contributed by atoms with Gasteiger partial charge < -0.3 is 5.32 Å². The van der Waals surface area contributed by atoms with Gasteiger partial charge in [-0.1, -0.05) is 23.7 Å². The molecule has 0 aliphatic heterocycles. The van der Waals surface area contributed by atoms with Gasteiger partial charge in [0.15, 0.2) is 0 Å². The molecule has 1 unspecified atom stereocenters. The van der Waals surface area contributed by atoms with Crippen LogP contribution in [0, 0.1) is 11.3 Å². The lowest BCUT2D eigenvalue weighted by molar-refractivity contribution is -0.121. The molecule has 0 saturated carbocycles. The highest BCUT2D eigenvalue weighted by Crippen LogP contribution is 2.18. The molecule has 2 rings (SSSR count). The maximum absolute atomic E-state index is 12.5. The van der Waals surface area contributed by atoms with Gasteiger partial charge in [0, 0.05) is 12.1 Å². The second kappa shape index (κ2) is 8.32. The molecule has 0 heterocycles. The fourth-order valence-electron chi connectivity index (χ4n) is 2.29. The van der Waals surface area contributed by atoms with Gasteiger partial charge in [-0.05, 0) is 48.9 Å². The van der Waals surface area contributed by atoms with Crippen LogP contribution in [0.3, 0.4) is 0 Å². The number of nitriles is 1. The van der Waals surface area contributed by atoms with Crippen LogP contribution < -0.4 is 5.32 Å². The van der Waals surface area contributed by atoms with Crippen molar-refractivity contribution < 1.29 is 13.2 Å². The summed E-state index contributed by atoms with van der Waals surface area (Å²) in [6.07, 6.45) is 0. The molecule has 0 aliphatic rings. The van der Waals surface area contributed by atoms with E-state index in [1.54, 1.807) is 31.2 Å². The van der Waals surface area contributed by atoms with E-state index in [0.29, 0.717) is 10.6 Å². The number of nitrogens with one attached hydrogen (secondary N) is 1. The molecule has 0 aliphatic carbocycles. The van der Waals surface area contributed by atoms with Gasteiger partial charge in [-0.3, -0.25) is 4.79 Å². The molecule has 0 spiro atoms. The van der Waals surface area contributed by atoms with E-state index in [0.717, 1.165) is 9.87 Å². The van der Waals surface area contributed by atoms with Gasteiger partial charge in [-0.2, -0.15) is 9.57 Å². The second-order valence-electron chi connectivity index (χ2n) is 5.74. The molecule has 0 radical (unpaired) electrons. The summed E-state index contributed by atoms with van der Waals surface area (Å²) >= 11 is 5.77. The Kier molecular flexibility index (Phi) is 6.37. The average Bonchev–Trinajstić information content (AvgIpc) is 2.61. The zero-order chi connectivity index (χ0) is 19.3. The number of carbonyl (C=O) groups excluding carboxylic acids is 1. The van der Waals surface area contributed by atoms with Crippen molar-refractivity contribution in [3.63, 3.8) is 0 Å². The molecule has 0 saturated heterocycles. The quantitative estimate of drug-likeness (QED) is 0.819. The van der Waals surface area contributed by atoms with E-state index in [9.17, 15) is 13.2 Å². The largest absolute Gasteiger partial charge is 0.348 e. The average molecular weight is 392 g/mol. The maximum atomic E-state index is 12.5. The van der Waals surface area contributed by atoms with E-state index in [-0.39, 0.29) is 17.5 Å². The summed E-state index contributed by atoms with van der Waals surface area (Å²) in [5, 5.41) is 12.0. The van der Waals surface area contributed by atoms with E-state index in [1.165, 1.54) is 31.3 Å². The number of hydrogen-bond acceptors (Lipinski definition) is 4. The van der Waals surface area contributed by atoms with Crippen molar-refractivity contribution in [1.29, 1.82) is 5.26 Å². The van der Waals surface area contributed by atoms with Crippen LogP contribution in [0.25, 0.3) is 0 Å². The van der Waals surface area contributed by atoms with Crippen LogP contribution in [0.4, 0.5) is 0 Å². The molecule has 26 heavy (non-hydrogen) atoms. The minimum Gasteiger partial charge on any atom is -0.348 e. The van der Waals surface area contributed by atoms with Crippen LogP contribution in [0.2, 0.25) is 5.02 Å². The highest BCUT2D eigenvalue weighted by atomic mass is 35.5. The van der Waals surface area contributed by atoms with Crippen LogP contribution in [0.1, 0.15) is 24.1 Å². The number of sulfonamides is 1. The first-order chi connectivity index (χ1) is 12.2. The Labute approximate surface area is 158 Å². The minimum atomic E-state index is -3.78. The SMILES string of the molecule is CC(NC(=O)CN(C)S(=O)(=O)c1ccc(Cl)cc1)c1ccc(C#N)cc1. The summed E-state index contributed by atoms with van der Waals surface area (Å²) in [4.78, 5) is 12.3. The fraction of sp³-hybridized carbons (Fsp3) is 0.222. The summed E-state index contributed by atoms with van der Waals surface area (Å²) < 4.78 is 25.9. The van der Waals surface area contributed by atoms with Crippen LogP contribution in [0.5, 0.6) is 0 Å². The van der Waals surface area contributed by atoms with Gasteiger partial charge in [0.05, 0.1) is 29.1 Å². The van der Waals surface area contributed by atoms with Crippen molar-refractivity contribution in [2.45, 2.75) is 17.9 Å². The molecule has 136 valence electrons. The van der Waals surface area contributed by atoms with E-state index in [2.05, 4.69) is 5.32 Å². The minimum absolute atomic E-state index is 0.0670. The standard InChI is InChI=1S/C18H18ClN3O3S/c1-13(15-5-3-14(11-20)4-6-15)21-18(23)12-22(2)26(24,25)17-9-7-16(19)8-10-17/h3-10,13H,12H2,1-2H3,(H,21,23). The number of likely N-dealkylation sites (N-methyl/N-ethyl adjacent to an activating group) is 1. The lowest BCUT2D eigenvalue weighted by atomic mass is 10.1. The summed E-state index contributed by atoms with van der Waals surface area (Å²) in [7, 11) is -2.44. The molecule has 2 aromatic rings. The summed E-state index contributed by atoms with van der Waals surface area (Å²) in [5.41, 5.74) is 1.35. The molecule has 2 aromatic carbocycles. The van der Waals surface area contributed by atoms with Gasteiger partial charge in [0.1, 0.15) is 0 Å². The van der Waals surface area contributed by atoms with Crippen molar-refractivity contribution in [3.05, 3.63) is 64.7 Å². The molecule has 0 bridgehead atoms. The van der Waals surface area contributed by atoms with Crippen LogP contribution in [-0.4, -0.2) is 32.2 Å². The van der Waals surface area contributed by atoms with Gasteiger partial charge >= 0.3 is 0 Å². The number of halogens is 1. The second-order valence-corrected chi connectivity index (χ2v) is 8.22. The molecule has 1 N–H and O–H groups in total. The number of carbonyl (C=O) groups is 1.